The molecule has 2 rings (SSSR count). The minimum atomic E-state index is -0.508. The SMILES string of the molecule is C=CCN1C(=O)N/C(=C/c2cc(Br)c(OCC(=O)OC)c(Br)c2)C1=O. The van der Waals surface area contributed by atoms with Crippen LogP contribution in [-0.2, 0) is 14.3 Å². The molecule has 0 radical (unpaired) electrons. The Hall–Kier alpha value is -2.13. The third-order valence-electron chi connectivity index (χ3n) is 3.17. The Morgan fingerprint density at radius 2 is 1.96 bits per heavy atom. The lowest BCUT2D eigenvalue weighted by molar-refractivity contribution is -0.143. The molecule has 0 saturated carbocycles. The Labute approximate surface area is 160 Å². The lowest BCUT2D eigenvalue weighted by Crippen LogP contribution is -2.30. The van der Waals surface area contributed by atoms with E-state index < -0.39 is 17.9 Å². The Balaban J connectivity index is 2.24. The first-order chi connectivity index (χ1) is 11.9. The molecule has 0 aliphatic carbocycles. The van der Waals surface area contributed by atoms with Crippen molar-refractivity contribution in [3.63, 3.8) is 0 Å². The summed E-state index contributed by atoms with van der Waals surface area (Å²) < 4.78 is 11.0. The molecular weight excluding hydrogens is 460 g/mol. The van der Waals surface area contributed by atoms with Gasteiger partial charge in [-0.25, -0.2) is 9.59 Å². The number of urea groups is 1. The maximum Gasteiger partial charge on any atom is 0.343 e. The van der Waals surface area contributed by atoms with E-state index in [1.165, 1.54) is 13.2 Å². The summed E-state index contributed by atoms with van der Waals surface area (Å²) in [6.07, 6.45) is 3.02. The highest BCUT2D eigenvalue weighted by Gasteiger charge is 2.32. The minimum absolute atomic E-state index is 0.135. The van der Waals surface area contributed by atoms with Crippen molar-refractivity contribution in [1.29, 1.82) is 0 Å². The zero-order valence-corrected chi connectivity index (χ0v) is 16.3. The van der Waals surface area contributed by atoms with Crippen molar-refractivity contribution in [3.05, 3.63) is 45.0 Å². The first-order valence-electron chi connectivity index (χ1n) is 7.01. The van der Waals surface area contributed by atoms with E-state index >= 15 is 0 Å². The van der Waals surface area contributed by atoms with Crippen LogP contribution in [-0.4, -0.2) is 43.1 Å². The van der Waals surface area contributed by atoms with E-state index in [2.05, 4.69) is 48.5 Å². The second-order valence-corrected chi connectivity index (χ2v) is 6.58. The van der Waals surface area contributed by atoms with E-state index in [-0.39, 0.29) is 18.8 Å². The highest BCUT2D eigenvalue weighted by atomic mass is 79.9. The van der Waals surface area contributed by atoms with Crippen LogP contribution in [0.15, 0.2) is 39.4 Å². The predicted molar refractivity (Wildman–Crippen MR) is 97.8 cm³/mol. The molecule has 1 aromatic rings. The fraction of sp³-hybridized carbons (Fsp3) is 0.188. The van der Waals surface area contributed by atoms with E-state index in [1.807, 2.05) is 0 Å². The molecule has 0 unspecified atom stereocenters. The summed E-state index contributed by atoms with van der Waals surface area (Å²) in [5.74, 6) is -0.516. The number of nitrogens with zero attached hydrogens (tertiary/aromatic N) is 1. The van der Waals surface area contributed by atoms with Gasteiger partial charge in [-0.2, -0.15) is 0 Å². The Morgan fingerprint density at radius 1 is 1.32 bits per heavy atom. The van der Waals surface area contributed by atoms with Gasteiger partial charge in [-0.05, 0) is 55.6 Å². The van der Waals surface area contributed by atoms with Gasteiger partial charge in [-0.3, -0.25) is 9.69 Å². The number of methoxy groups -OCH3 is 1. The van der Waals surface area contributed by atoms with Gasteiger partial charge >= 0.3 is 12.0 Å². The average molecular weight is 474 g/mol. The quantitative estimate of drug-likeness (QED) is 0.297. The molecule has 132 valence electrons. The largest absolute Gasteiger partial charge is 0.480 e. The Kier molecular flexibility index (Phi) is 6.38. The number of halogens is 2. The summed E-state index contributed by atoms with van der Waals surface area (Å²) in [6.45, 7) is 3.42. The molecule has 0 aromatic heterocycles. The molecular formula is C16H14Br2N2O5. The van der Waals surface area contributed by atoms with Crippen LogP contribution < -0.4 is 10.1 Å². The number of esters is 1. The van der Waals surface area contributed by atoms with Crippen LogP contribution in [0.2, 0.25) is 0 Å². The number of hydrogen-bond acceptors (Lipinski definition) is 5. The third kappa shape index (κ3) is 4.49. The second kappa shape index (κ2) is 8.30. The van der Waals surface area contributed by atoms with Gasteiger partial charge in [-0.1, -0.05) is 6.08 Å². The molecule has 1 aromatic carbocycles. The molecule has 7 nitrogen and oxygen atoms in total. The smallest absolute Gasteiger partial charge is 0.343 e. The molecule has 0 bridgehead atoms. The molecule has 0 atom stereocenters. The van der Waals surface area contributed by atoms with Crippen LogP contribution in [0.25, 0.3) is 6.08 Å². The van der Waals surface area contributed by atoms with Crippen molar-refractivity contribution >= 4 is 55.8 Å². The van der Waals surface area contributed by atoms with Gasteiger partial charge in [0.05, 0.1) is 16.1 Å². The first-order valence-corrected chi connectivity index (χ1v) is 8.60. The zero-order chi connectivity index (χ0) is 18.6. The van der Waals surface area contributed by atoms with Crippen molar-refractivity contribution < 1.29 is 23.9 Å². The van der Waals surface area contributed by atoms with E-state index in [0.29, 0.717) is 20.3 Å². The van der Waals surface area contributed by atoms with E-state index in [4.69, 9.17) is 4.74 Å². The van der Waals surface area contributed by atoms with Gasteiger partial charge in [0.25, 0.3) is 5.91 Å². The Bertz CT molecular complexity index is 753. The lowest BCUT2D eigenvalue weighted by Gasteiger charge is -2.10. The second-order valence-electron chi connectivity index (χ2n) is 4.87. The van der Waals surface area contributed by atoms with Gasteiger partial charge < -0.3 is 14.8 Å². The number of ether oxygens (including phenoxy) is 2. The standard InChI is InChI=1S/C16H14Br2N2O5/c1-3-4-20-15(22)12(19-16(20)23)7-9-5-10(17)14(11(18)6-9)25-8-13(21)24-2/h3,5-7H,1,4,8H2,2H3,(H,19,23)/b12-7+. The summed E-state index contributed by atoms with van der Waals surface area (Å²) in [5.41, 5.74) is 0.808. The monoisotopic (exact) mass is 472 g/mol. The van der Waals surface area contributed by atoms with Crippen molar-refractivity contribution in [2.75, 3.05) is 20.3 Å². The highest BCUT2D eigenvalue weighted by molar-refractivity contribution is 9.11. The van der Waals surface area contributed by atoms with Crippen molar-refractivity contribution in [2.45, 2.75) is 0 Å². The summed E-state index contributed by atoms with van der Waals surface area (Å²) in [6, 6.07) is 2.90. The molecule has 1 aliphatic heterocycles. The van der Waals surface area contributed by atoms with Crippen LogP contribution >= 0.6 is 31.9 Å². The number of benzene rings is 1. The fourth-order valence-corrected chi connectivity index (χ4v) is 3.47. The number of hydrogen-bond donors (Lipinski definition) is 1. The van der Waals surface area contributed by atoms with E-state index in [1.54, 1.807) is 18.2 Å². The van der Waals surface area contributed by atoms with Crippen LogP contribution in [0.4, 0.5) is 4.79 Å². The average Bonchev–Trinajstić information content (AvgIpc) is 2.81. The molecule has 25 heavy (non-hydrogen) atoms. The van der Waals surface area contributed by atoms with Crippen molar-refractivity contribution in [2.24, 2.45) is 0 Å². The van der Waals surface area contributed by atoms with Gasteiger partial charge in [0.2, 0.25) is 0 Å². The van der Waals surface area contributed by atoms with Crippen LogP contribution in [0.1, 0.15) is 5.56 Å². The normalized spacial score (nSPS) is 15.3. The molecule has 1 aliphatic rings. The van der Waals surface area contributed by atoms with Gasteiger partial charge in [0.15, 0.2) is 6.61 Å². The molecule has 9 heteroatoms. The number of rotatable bonds is 6. The maximum absolute atomic E-state index is 12.2. The zero-order valence-electron chi connectivity index (χ0n) is 13.2. The van der Waals surface area contributed by atoms with E-state index in [0.717, 1.165) is 4.90 Å². The number of carbonyl (C=O) groups is 3. The molecule has 3 amide bonds. The summed E-state index contributed by atoms with van der Waals surface area (Å²) in [4.78, 5) is 36.2. The lowest BCUT2D eigenvalue weighted by atomic mass is 10.2. The number of carbonyl (C=O) groups excluding carboxylic acids is 3. The summed E-state index contributed by atoms with van der Waals surface area (Å²) in [5, 5.41) is 2.52. The van der Waals surface area contributed by atoms with Crippen LogP contribution in [0.3, 0.4) is 0 Å². The third-order valence-corrected chi connectivity index (χ3v) is 4.35. The molecule has 1 fully saturated rings. The Morgan fingerprint density at radius 3 is 2.52 bits per heavy atom. The summed E-state index contributed by atoms with van der Waals surface area (Å²) >= 11 is 6.70. The highest BCUT2D eigenvalue weighted by Crippen LogP contribution is 2.35. The first kappa shape index (κ1) is 19.2. The van der Waals surface area contributed by atoms with Gasteiger partial charge in [0, 0.05) is 6.54 Å². The topological polar surface area (TPSA) is 84.9 Å². The maximum atomic E-state index is 12.2. The van der Waals surface area contributed by atoms with Crippen molar-refractivity contribution in [1.82, 2.24) is 10.2 Å². The summed E-state index contributed by atoms with van der Waals surface area (Å²) in [7, 11) is 1.27. The minimum Gasteiger partial charge on any atom is -0.480 e. The van der Waals surface area contributed by atoms with E-state index in [9.17, 15) is 14.4 Å². The van der Waals surface area contributed by atoms with Crippen LogP contribution in [0.5, 0.6) is 5.75 Å². The molecule has 1 heterocycles. The number of imide groups is 1. The molecule has 0 spiro atoms. The molecule has 1 saturated heterocycles. The molecule has 1 N–H and O–H groups in total. The number of amides is 3. The predicted octanol–water partition coefficient (Wildman–Crippen LogP) is 2.84. The van der Waals surface area contributed by atoms with Gasteiger partial charge in [0.1, 0.15) is 11.4 Å². The number of nitrogens with one attached hydrogen (secondary N) is 1. The van der Waals surface area contributed by atoms with Crippen LogP contribution in [0, 0.1) is 0 Å². The van der Waals surface area contributed by atoms with Gasteiger partial charge in [-0.15, -0.1) is 6.58 Å². The fourth-order valence-electron chi connectivity index (χ4n) is 2.02. The van der Waals surface area contributed by atoms with Crippen molar-refractivity contribution in [3.8, 4) is 5.75 Å².